The molecular weight excluding hydrogens is 242 g/mol. The maximum absolute atomic E-state index is 11.5. The van der Waals surface area contributed by atoms with E-state index in [1.165, 1.54) is 4.90 Å². The SMILES string of the molecule is C[C@]1(Cc2ccccc2)CC[C@@H](CO)CN1C(=O)O. The first kappa shape index (κ1) is 13.9. The van der Waals surface area contributed by atoms with E-state index in [1.54, 1.807) is 0 Å². The highest BCUT2D eigenvalue weighted by Gasteiger charge is 2.40. The van der Waals surface area contributed by atoms with Crippen molar-refractivity contribution >= 4 is 6.09 Å². The molecule has 0 unspecified atom stereocenters. The van der Waals surface area contributed by atoms with Gasteiger partial charge in [-0.25, -0.2) is 4.79 Å². The fourth-order valence-corrected chi connectivity index (χ4v) is 2.90. The molecule has 0 saturated carbocycles. The van der Waals surface area contributed by atoms with E-state index in [9.17, 15) is 15.0 Å². The van der Waals surface area contributed by atoms with Crippen LogP contribution >= 0.6 is 0 Å². The largest absolute Gasteiger partial charge is 0.465 e. The standard InChI is InChI=1S/C15H21NO3/c1-15(9-12-5-3-2-4-6-12)8-7-13(11-17)10-16(15)14(18)19/h2-6,13,17H,7-11H2,1H3,(H,18,19)/t13-,15-/m1/s1. The minimum absolute atomic E-state index is 0.0607. The number of hydrogen-bond donors (Lipinski definition) is 2. The fourth-order valence-electron chi connectivity index (χ4n) is 2.90. The molecule has 0 radical (unpaired) electrons. The Morgan fingerprint density at radius 2 is 2.11 bits per heavy atom. The molecule has 4 nitrogen and oxygen atoms in total. The highest BCUT2D eigenvalue weighted by atomic mass is 16.4. The molecule has 1 fully saturated rings. The predicted octanol–water partition coefficient (Wildman–Crippen LogP) is 2.37. The number of aliphatic hydroxyl groups is 1. The van der Waals surface area contributed by atoms with Gasteiger partial charge in [-0.15, -0.1) is 0 Å². The highest BCUT2D eigenvalue weighted by Crippen LogP contribution is 2.33. The molecule has 4 heteroatoms. The Kier molecular flexibility index (Phi) is 4.10. The van der Waals surface area contributed by atoms with Crippen LogP contribution < -0.4 is 0 Å². The summed E-state index contributed by atoms with van der Waals surface area (Å²) >= 11 is 0. The van der Waals surface area contributed by atoms with Gasteiger partial charge in [-0.05, 0) is 37.7 Å². The summed E-state index contributed by atoms with van der Waals surface area (Å²) in [6.45, 7) is 2.49. The van der Waals surface area contributed by atoms with Gasteiger partial charge in [-0.3, -0.25) is 0 Å². The highest BCUT2D eigenvalue weighted by molar-refractivity contribution is 5.66. The molecule has 2 N–H and O–H groups in total. The quantitative estimate of drug-likeness (QED) is 0.880. The van der Waals surface area contributed by atoms with E-state index in [4.69, 9.17) is 0 Å². The smallest absolute Gasteiger partial charge is 0.407 e. The van der Waals surface area contributed by atoms with Gasteiger partial charge in [0.2, 0.25) is 0 Å². The van der Waals surface area contributed by atoms with Crippen molar-refractivity contribution in [3.05, 3.63) is 35.9 Å². The summed E-state index contributed by atoms with van der Waals surface area (Å²) in [6.07, 6.45) is 1.50. The number of hydrogen-bond acceptors (Lipinski definition) is 2. The Balaban J connectivity index is 2.17. The van der Waals surface area contributed by atoms with E-state index in [1.807, 2.05) is 37.3 Å². The zero-order valence-corrected chi connectivity index (χ0v) is 11.2. The second-order valence-electron chi connectivity index (χ2n) is 5.64. The average Bonchev–Trinajstić information content (AvgIpc) is 2.39. The summed E-state index contributed by atoms with van der Waals surface area (Å²) in [4.78, 5) is 13.0. The van der Waals surface area contributed by atoms with Gasteiger partial charge in [-0.1, -0.05) is 30.3 Å². The summed E-state index contributed by atoms with van der Waals surface area (Å²) in [7, 11) is 0. The first-order valence-electron chi connectivity index (χ1n) is 6.70. The van der Waals surface area contributed by atoms with E-state index < -0.39 is 6.09 Å². The molecule has 1 aromatic carbocycles. The third-order valence-electron chi connectivity index (χ3n) is 4.10. The molecule has 19 heavy (non-hydrogen) atoms. The van der Waals surface area contributed by atoms with Crippen LogP contribution in [0, 0.1) is 5.92 Å². The Morgan fingerprint density at radius 1 is 1.42 bits per heavy atom. The van der Waals surface area contributed by atoms with Crippen molar-refractivity contribution in [1.82, 2.24) is 4.90 Å². The van der Waals surface area contributed by atoms with E-state index in [2.05, 4.69) is 0 Å². The van der Waals surface area contributed by atoms with Crippen molar-refractivity contribution in [2.45, 2.75) is 31.7 Å². The van der Waals surface area contributed by atoms with Crippen molar-refractivity contribution in [2.24, 2.45) is 5.92 Å². The number of rotatable bonds is 3. The lowest BCUT2D eigenvalue weighted by Gasteiger charge is -2.46. The van der Waals surface area contributed by atoms with Crippen molar-refractivity contribution in [2.75, 3.05) is 13.2 Å². The maximum atomic E-state index is 11.5. The molecule has 0 spiro atoms. The second kappa shape index (κ2) is 5.61. The fraction of sp³-hybridized carbons (Fsp3) is 0.533. The molecule has 0 bridgehead atoms. The van der Waals surface area contributed by atoms with Gasteiger partial charge in [-0.2, -0.15) is 0 Å². The van der Waals surface area contributed by atoms with Crippen LogP contribution in [0.4, 0.5) is 4.79 Å². The number of aliphatic hydroxyl groups excluding tert-OH is 1. The molecule has 1 aromatic rings. The Morgan fingerprint density at radius 3 is 2.68 bits per heavy atom. The van der Waals surface area contributed by atoms with Crippen molar-refractivity contribution in [1.29, 1.82) is 0 Å². The zero-order valence-electron chi connectivity index (χ0n) is 11.2. The third kappa shape index (κ3) is 3.07. The Labute approximate surface area is 113 Å². The van der Waals surface area contributed by atoms with Crippen LogP contribution in [0.1, 0.15) is 25.3 Å². The molecule has 1 aliphatic rings. The summed E-state index contributed by atoms with van der Waals surface area (Å²) < 4.78 is 0. The molecule has 2 rings (SSSR count). The number of piperidine rings is 1. The van der Waals surface area contributed by atoms with Crippen LogP contribution in [0.25, 0.3) is 0 Å². The van der Waals surface area contributed by atoms with Crippen molar-refractivity contribution in [3.63, 3.8) is 0 Å². The summed E-state index contributed by atoms with van der Waals surface area (Å²) in [5.74, 6) is 0.0694. The number of benzene rings is 1. The summed E-state index contributed by atoms with van der Waals surface area (Å²) in [5.41, 5.74) is 0.775. The van der Waals surface area contributed by atoms with Crippen molar-refractivity contribution in [3.8, 4) is 0 Å². The number of carboxylic acid groups (broad SMARTS) is 1. The Bertz CT molecular complexity index is 434. The number of carbonyl (C=O) groups is 1. The lowest BCUT2D eigenvalue weighted by atomic mass is 9.80. The third-order valence-corrected chi connectivity index (χ3v) is 4.10. The van der Waals surface area contributed by atoms with Gasteiger partial charge in [0.15, 0.2) is 0 Å². The van der Waals surface area contributed by atoms with Crippen LogP contribution in [-0.2, 0) is 6.42 Å². The molecule has 0 aromatic heterocycles. The Hall–Kier alpha value is -1.55. The van der Waals surface area contributed by atoms with Crippen molar-refractivity contribution < 1.29 is 15.0 Å². The van der Waals surface area contributed by atoms with Crippen LogP contribution in [0.15, 0.2) is 30.3 Å². The lowest BCUT2D eigenvalue weighted by molar-refractivity contribution is 0.0222. The van der Waals surface area contributed by atoms with Crippen LogP contribution in [0.2, 0.25) is 0 Å². The van der Waals surface area contributed by atoms with E-state index in [-0.39, 0.29) is 18.1 Å². The lowest BCUT2D eigenvalue weighted by Crippen LogP contribution is -2.56. The van der Waals surface area contributed by atoms with Gasteiger partial charge in [0.25, 0.3) is 0 Å². The first-order chi connectivity index (χ1) is 9.05. The van der Waals surface area contributed by atoms with Gasteiger partial charge in [0.05, 0.1) is 0 Å². The number of amides is 1. The number of likely N-dealkylation sites (tertiary alicyclic amines) is 1. The molecule has 2 atom stereocenters. The van der Waals surface area contributed by atoms with Crippen LogP contribution in [0.3, 0.4) is 0 Å². The summed E-state index contributed by atoms with van der Waals surface area (Å²) in [6, 6.07) is 9.97. The molecule has 1 saturated heterocycles. The average molecular weight is 263 g/mol. The van der Waals surface area contributed by atoms with Gasteiger partial charge < -0.3 is 15.1 Å². The van der Waals surface area contributed by atoms with Gasteiger partial charge in [0.1, 0.15) is 0 Å². The predicted molar refractivity (Wildman–Crippen MR) is 73.1 cm³/mol. The molecule has 1 heterocycles. The molecule has 1 aliphatic heterocycles. The molecule has 0 aliphatic carbocycles. The monoisotopic (exact) mass is 263 g/mol. The normalized spacial score (nSPS) is 27.3. The van der Waals surface area contributed by atoms with Crippen LogP contribution in [-0.4, -0.2) is 39.9 Å². The topological polar surface area (TPSA) is 60.8 Å². The number of nitrogens with zero attached hydrogens (tertiary/aromatic N) is 1. The molecule has 104 valence electrons. The summed E-state index contributed by atoms with van der Waals surface area (Å²) in [5, 5.41) is 18.6. The molecular formula is C15H21NO3. The molecule has 1 amide bonds. The minimum atomic E-state index is -0.892. The van der Waals surface area contributed by atoms with Crippen LogP contribution in [0.5, 0.6) is 0 Å². The van der Waals surface area contributed by atoms with Gasteiger partial charge in [0, 0.05) is 18.7 Å². The minimum Gasteiger partial charge on any atom is -0.465 e. The van der Waals surface area contributed by atoms with Gasteiger partial charge >= 0.3 is 6.09 Å². The zero-order chi connectivity index (χ0) is 13.9. The second-order valence-corrected chi connectivity index (χ2v) is 5.64. The van der Waals surface area contributed by atoms with E-state index in [0.29, 0.717) is 6.54 Å². The first-order valence-corrected chi connectivity index (χ1v) is 6.70. The van der Waals surface area contributed by atoms with E-state index in [0.717, 1.165) is 24.8 Å². The van der Waals surface area contributed by atoms with E-state index >= 15 is 0 Å². The maximum Gasteiger partial charge on any atom is 0.407 e.